The number of rotatable bonds is 7. The molecule has 3 rings (SSSR count). The predicted octanol–water partition coefficient (Wildman–Crippen LogP) is 3.11. The zero-order valence-electron chi connectivity index (χ0n) is 14.9. The van der Waals surface area contributed by atoms with Gasteiger partial charge in [-0.05, 0) is 47.4 Å². The van der Waals surface area contributed by atoms with E-state index in [2.05, 4.69) is 4.72 Å². The van der Waals surface area contributed by atoms with Crippen LogP contribution in [0.15, 0.2) is 83.8 Å². The molecule has 0 amide bonds. The summed E-state index contributed by atoms with van der Waals surface area (Å²) in [5, 5.41) is 8.85. The number of nitrogens with one attached hydrogen (secondary N) is 1. The van der Waals surface area contributed by atoms with Crippen molar-refractivity contribution in [1.29, 1.82) is 0 Å². The standard InChI is InChI=1S/C21H20N2O4S/c22-20(21(24)25)14-15-6-10-18(11-7-15)23-28(26,27)19-12-8-17(9-13-19)16-4-2-1-3-5-16/h1-13,20,23H,14,22H2,(H,24,25). The van der Waals surface area contributed by atoms with E-state index in [-0.39, 0.29) is 11.3 Å². The SMILES string of the molecule is NC(Cc1ccc(NS(=O)(=O)c2ccc(-c3ccccc3)cc2)cc1)C(=O)O. The minimum atomic E-state index is -3.73. The molecule has 0 aliphatic rings. The molecule has 1 atom stereocenters. The van der Waals surface area contributed by atoms with Crippen molar-refractivity contribution in [2.75, 3.05) is 4.72 Å². The molecule has 1 unspecified atom stereocenters. The fourth-order valence-electron chi connectivity index (χ4n) is 2.72. The molecule has 7 heteroatoms. The molecule has 0 aliphatic heterocycles. The van der Waals surface area contributed by atoms with E-state index in [1.807, 2.05) is 30.3 Å². The van der Waals surface area contributed by atoms with E-state index in [9.17, 15) is 13.2 Å². The van der Waals surface area contributed by atoms with Gasteiger partial charge in [0.05, 0.1) is 4.90 Å². The van der Waals surface area contributed by atoms with E-state index < -0.39 is 22.0 Å². The van der Waals surface area contributed by atoms with E-state index in [0.717, 1.165) is 11.1 Å². The van der Waals surface area contributed by atoms with E-state index in [4.69, 9.17) is 10.8 Å². The summed E-state index contributed by atoms with van der Waals surface area (Å²) in [7, 11) is -3.73. The lowest BCUT2D eigenvalue weighted by molar-refractivity contribution is -0.138. The van der Waals surface area contributed by atoms with Gasteiger partial charge >= 0.3 is 5.97 Å². The molecule has 0 radical (unpaired) electrons. The number of carbonyl (C=O) groups is 1. The lowest BCUT2D eigenvalue weighted by Gasteiger charge is -2.11. The van der Waals surface area contributed by atoms with Crippen LogP contribution in [0, 0.1) is 0 Å². The summed E-state index contributed by atoms with van der Waals surface area (Å²) < 4.78 is 27.7. The molecule has 0 saturated carbocycles. The molecule has 144 valence electrons. The fraction of sp³-hybridized carbons (Fsp3) is 0.0952. The molecule has 3 aromatic carbocycles. The third-order valence-electron chi connectivity index (χ3n) is 4.25. The summed E-state index contributed by atoms with van der Waals surface area (Å²) >= 11 is 0. The van der Waals surface area contributed by atoms with Crippen molar-refractivity contribution < 1.29 is 18.3 Å². The van der Waals surface area contributed by atoms with Gasteiger partial charge in [-0.25, -0.2) is 8.42 Å². The average molecular weight is 396 g/mol. The molecular weight excluding hydrogens is 376 g/mol. The van der Waals surface area contributed by atoms with Gasteiger partial charge in [0.1, 0.15) is 6.04 Å². The molecule has 0 aliphatic carbocycles. The van der Waals surface area contributed by atoms with Gasteiger partial charge in [-0.3, -0.25) is 9.52 Å². The van der Waals surface area contributed by atoms with Gasteiger partial charge < -0.3 is 10.8 Å². The molecule has 0 fully saturated rings. The first-order valence-electron chi connectivity index (χ1n) is 8.61. The Labute approximate surface area is 163 Å². The number of carboxylic acids is 1. The summed E-state index contributed by atoms with van der Waals surface area (Å²) in [6, 6.07) is 21.8. The Morgan fingerprint density at radius 2 is 1.46 bits per heavy atom. The lowest BCUT2D eigenvalue weighted by atomic mass is 10.1. The minimum absolute atomic E-state index is 0.157. The Kier molecular flexibility index (Phi) is 5.77. The largest absolute Gasteiger partial charge is 0.480 e. The molecule has 0 heterocycles. The number of anilines is 1. The van der Waals surface area contributed by atoms with Crippen LogP contribution < -0.4 is 10.5 Å². The Morgan fingerprint density at radius 3 is 2.04 bits per heavy atom. The second-order valence-electron chi connectivity index (χ2n) is 6.34. The molecule has 0 bridgehead atoms. The summed E-state index contributed by atoms with van der Waals surface area (Å²) in [6.45, 7) is 0. The van der Waals surface area contributed by atoms with Gasteiger partial charge in [-0.2, -0.15) is 0 Å². The highest BCUT2D eigenvalue weighted by atomic mass is 32.2. The van der Waals surface area contributed by atoms with Crippen LogP contribution in [0.2, 0.25) is 0 Å². The van der Waals surface area contributed by atoms with Crippen molar-refractivity contribution in [3.05, 3.63) is 84.4 Å². The first kappa shape index (κ1) is 19.6. The highest BCUT2D eigenvalue weighted by Crippen LogP contribution is 2.22. The first-order chi connectivity index (χ1) is 13.3. The molecule has 0 aromatic heterocycles. The third kappa shape index (κ3) is 4.76. The first-order valence-corrected chi connectivity index (χ1v) is 10.1. The summed E-state index contributed by atoms with van der Waals surface area (Å²) in [5.74, 6) is -1.08. The Morgan fingerprint density at radius 1 is 0.893 bits per heavy atom. The fourth-order valence-corrected chi connectivity index (χ4v) is 3.78. The maximum atomic E-state index is 12.6. The number of sulfonamides is 1. The number of hydrogen-bond donors (Lipinski definition) is 3. The number of nitrogens with two attached hydrogens (primary N) is 1. The van der Waals surface area contributed by atoms with Crippen LogP contribution in [0.25, 0.3) is 11.1 Å². The van der Waals surface area contributed by atoms with Crippen molar-refractivity contribution in [2.45, 2.75) is 17.4 Å². The highest BCUT2D eigenvalue weighted by molar-refractivity contribution is 7.92. The Balaban J connectivity index is 1.72. The van der Waals surface area contributed by atoms with Crippen LogP contribution in [0.4, 0.5) is 5.69 Å². The van der Waals surface area contributed by atoms with Crippen molar-refractivity contribution in [3.8, 4) is 11.1 Å². The van der Waals surface area contributed by atoms with Gasteiger partial charge in [-0.1, -0.05) is 54.6 Å². The van der Waals surface area contributed by atoms with Crippen LogP contribution in [-0.4, -0.2) is 25.5 Å². The quantitative estimate of drug-likeness (QED) is 0.568. The summed E-state index contributed by atoms with van der Waals surface area (Å²) in [5.41, 5.74) is 8.55. The van der Waals surface area contributed by atoms with E-state index in [1.165, 1.54) is 0 Å². The van der Waals surface area contributed by atoms with Gasteiger partial charge in [-0.15, -0.1) is 0 Å². The summed E-state index contributed by atoms with van der Waals surface area (Å²) in [6.07, 6.45) is 0.170. The monoisotopic (exact) mass is 396 g/mol. The van der Waals surface area contributed by atoms with Crippen molar-refractivity contribution >= 4 is 21.7 Å². The summed E-state index contributed by atoms with van der Waals surface area (Å²) in [4.78, 5) is 11.0. The second-order valence-corrected chi connectivity index (χ2v) is 8.02. The number of carboxylic acid groups (broad SMARTS) is 1. The molecule has 28 heavy (non-hydrogen) atoms. The van der Waals surface area contributed by atoms with Crippen LogP contribution in [0.5, 0.6) is 0 Å². The van der Waals surface area contributed by atoms with E-state index in [0.29, 0.717) is 11.3 Å². The van der Waals surface area contributed by atoms with Gasteiger partial charge in [0.25, 0.3) is 10.0 Å². The Hall–Kier alpha value is -3.16. The highest BCUT2D eigenvalue weighted by Gasteiger charge is 2.15. The average Bonchev–Trinajstić information content (AvgIpc) is 2.70. The van der Waals surface area contributed by atoms with E-state index in [1.54, 1.807) is 48.5 Å². The zero-order chi connectivity index (χ0) is 20.1. The lowest BCUT2D eigenvalue weighted by Crippen LogP contribution is -2.32. The van der Waals surface area contributed by atoms with E-state index >= 15 is 0 Å². The normalized spacial score (nSPS) is 12.3. The maximum absolute atomic E-state index is 12.6. The molecular formula is C21H20N2O4S. The van der Waals surface area contributed by atoms with Crippen molar-refractivity contribution in [3.63, 3.8) is 0 Å². The number of benzene rings is 3. The second kappa shape index (κ2) is 8.24. The molecule has 4 N–H and O–H groups in total. The minimum Gasteiger partial charge on any atom is -0.480 e. The van der Waals surface area contributed by atoms with Gasteiger partial charge in [0, 0.05) is 5.69 Å². The smallest absolute Gasteiger partial charge is 0.320 e. The maximum Gasteiger partial charge on any atom is 0.320 e. The molecule has 3 aromatic rings. The predicted molar refractivity (Wildman–Crippen MR) is 108 cm³/mol. The third-order valence-corrected chi connectivity index (χ3v) is 5.65. The van der Waals surface area contributed by atoms with Crippen LogP contribution in [0.3, 0.4) is 0 Å². The number of hydrogen-bond acceptors (Lipinski definition) is 4. The zero-order valence-corrected chi connectivity index (χ0v) is 15.8. The van der Waals surface area contributed by atoms with Crippen molar-refractivity contribution in [1.82, 2.24) is 0 Å². The molecule has 0 saturated heterocycles. The Bertz CT molecular complexity index is 1050. The van der Waals surface area contributed by atoms with Gasteiger partial charge in [0.15, 0.2) is 0 Å². The van der Waals surface area contributed by atoms with Crippen LogP contribution >= 0.6 is 0 Å². The molecule has 6 nitrogen and oxygen atoms in total. The van der Waals surface area contributed by atoms with Crippen molar-refractivity contribution in [2.24, 2.45) is 5.73 Å². The topological polar surface area (TPSA) is 109 Å². The van der Waals surface area contributed by atoms with Gasteiger partial charge in [0.2, 0.25) is 0 Å². The molecule has 0 spiro atoms. The van der Waals surface area contributed by atoms with Crippen LogP contribution in [0.1, 0.15) is 5.56 Å². The number of aliphatic carboxylic acids is 1. The van der Waals surface area contributed by atoms with Crippen LogP contribution in [-0.2, 0) is 21.2 Å².